The quantitative estimate of drug-likeness (QED) is 0.750. The van der Waals surface area contributed by atoms with E-state index in [2.05, 4.69) is 50.6 Å². The van der Waals surface area contributed by atoms with Crippen molar-refractivity contribution < 1.29 is 0 Å². The van der Waals surface area contributed by atoms with Gasteiger partial charge >= 0.3 is 0 Å². The molecular formula is C19H29N. The summed E-state index contributed by atoms with van der Waals surface area (Å²) in [5.74, 6) is 0. The molecule has 1 heterocycles. The molecule has 1 nitrogen and oxygen atoms in total. The van der Waals surface area contributed by atoms with Crippen molar-refractivity contribution >= 4 is 5.57 Å². The first-order chi connectivity index (χ1) is 9.61. The van der Waals surface area contributed by atoms with Crippen LogP contribution in [0.25, 0.3) is 5.57 Å². The highest BCUT2D eigenvalue weighted by Crippen LogP contribution is 2.23. The van der Waals surface area contributed by atoms with Crippen LogP contribution in [0, 0.1) is 0 Å². The summed E-state index contributed by atoms with van der Waals surface area (Å²) in [6, 6.07) is 7.74. The second-order valence-electron chi connectivity index (χ2n) is 6.29. The second kappa shape index (κ2) is 7.08. The van der Waals surface area contributed by atoms with E-state index >= 15 is 0 Å². The minimum atomic E-state index is 0.787. The van der Waals surface area contributed by atoms with Crippen molar-refractivity contribution in [1.82, 2.24) is 4.90 Å². The zero-order valence-electron chi connectivity index (χ0n) is 13.4. The lowest BCUT2D eigenvalue weighted by molar-refractivity contribution is 0.176. The van der Waals surface area contributed by atoms with Gasteiger partial charge in [0.05, 0.1) is 0 Å². The standard InChI is InChI=1S/C19H29N/c1-5-17-14-16(10-12-19(17)15(2)3)9-11-18-8-6-7-13-20(18)4/h10,12,14,18H,2,5-9,11,13H2,1,3-4H3. The third-order valence-corrected chi connectivity index (χ3v) is 4.70. The number of likely N-dealkylation sites (tertiary alicyclic amines) is 1. The Bertz CT molecular complexity index is 461. The molecule has 1 aromatic rings. The molecule has 1 aliphatic rings. The van der Waals surface area contributed by atoms with Gasteiger partial charge in [-0.2, -0.15) is 0 Å². The third kappa shape index (κ3) is 3.73. The van der Waals surface area contributed by atoms with Gasteiger partial charge in [-0.15, -0.1) is 0 Å². The number of piperidine rings is 1. The first kappa shape index (κ1) is 15.3. The average Bonchev–Trinajstić information content (AvgIpc) is 2.46. The Kier molecular flexibility index (Phi) is 5.42. The molecular weight excluding hydrogens is 242 g/mol. The summed E-state index contributed by atoms with van der Waals surface area (Å²) in [7, 11) is 2.28. The van der Waals surface area contributed by atoms with E-state index in [1.807, 2.05) is 0 Å². The van der Waals surface area contributed by atoms with Crippen molar-refractivity contribution in [3.05, 3.63) is 41.5 Å². The molecule has 1 saturated heterocycles. The molecule has 0 N–H and O–H groups in total. The molecule has 0 aliphatic carbocycles. The fraction of sp³-hybridized carbons (Fsp3) is 0.579. The monoisotopic (exact) mass is 271 g/mol. The topological polar surface area (TPSA) is 3.24 Å². The van der Waals surface area contributed by atoms with Crippen LogP contribution in [-0.4, -0.2) is 24.5 Å². The molecule has 20 heavy (non-hydrogen) atoms. The van der Waals surface area contributed by atoms with Gasteiger partial charge in [-0.05, 0) is 69.3 Å². The maximum absolute atomic E-state index is 4.09. The van der Waals surface area contributed by atoms with E-state index in [-0.39, 0.29) is 0 Å². The van der Waals surface area contributed by atoms with E-state index < -0.39 is 0 Å². The smallest absolute Gasteiger partial charge is 0.00953 e. The molecule has 0 aromatic heterocycles. The molecule has 0 saturated carbocycles. The summed E-state index contributed by atoms with van der Waals surface area (Å²) in [5.41, 5.74) is 5.46. The Morgan fingerprint density at radius 1 is 1.35 bits per heavy atom. The predicted octanol–water partition coefficient (Wildman–Crippen LogP) is 4.70. The van der Waals surface area contributed by atoms with Crippen LogP contribution in [-0.2, 0) is 12.8 Å². The summed E-state index contributed by atoms with van der Waals surface area (Å²) in [6.45, 7) is 9.70. The maximum atomic E-state index is 4.09. The predicted molar refractivity (Wildman–Crippen MR) is 89.1 cm³/mol. The van der Waals surface area contributed by atoms with Crippen LogP contribution in [0.2, 0.25) is 0 Å². The fourth-order valence-electron chi connectivity index (χ4n) is 3.35. The summed E-state index contributed by atoms with van der Waals surface area (Å²) in [5, 5.41) is 0. The van der Waals surface area contributed by atoms with Gasteiger partial charge < -0.3 is 4.90 Å². The lowest BCUT2D eigenvalue weighted by atomic mass is 9.93. The van der Waals surface area contributed by atoms with E-state index in [0.717, 1.165) is 12.5 Å². The minimum Gasteiger partial charge on any atom is -0.303 e. The van der Waals surface area contributed by atoms with Gasteiger partial charge in [0, 0.05) is 6.04 Å². The zero-order chi connectivity index (χ0) is 14.5. The lowest BCUT2D eigenvalue weighted by Crippen LogP contribution is -2.36. The largest absolute Gasteiger partial charge is 0.303 e. The van der Waals surface area contributed by atoms with Gasteiger partial charge in [0.2, 0.25) is 0 Å². The van der Waals surface area contributed by atoms with Crippen molar-refractivity contribution in [2.24, 2.45) is 0 Å². The van der Waals surface area contributed by atoms with Crippen LogP contribution < -0.4 is 0 Å². The number of allylic oxidation sites excluding steroid dienone is 1. The van der Waals surface area contributed by atoms with Crippen molar-refractivity contribution in [2.45, 2.75) is 58.4 Å². The van der Waals surface area contributed by atoms with Crippen LogP contribution >= 0.6 is 0 Å². The van der Waals surface area contributed by atoms with E-state index in [9.17, 15) is 0 Å². The van der Waals surface area contributed by atoms with Crippen LogP contribution in [0.5, 0.6) is 0 Å². The number of benzene rings is 1. The Morgan fingerprint density at radius 2 is 2.15 bits per heavy atom. The van der Waals surface area contributed by atoms with E-state index in [4.69, 9.17) is 0 Å². The Balaban J connectivity index is 2.01. The second-order valence-corrected chi connectivity index (χ2v) is 6.29. The summed E-state index contributed by atoms with van der Waals surface area (Å²) < 4.78 is 0. The highest BCUT2D eigenvalue weighted by molar-refractivity contribution is 5.65. The van der Waals surface area contributed by atoms with Crippen LogP contribution in [0.4, 0.5) is 0 Å². The number of rotatable bonds is 5. The van der Waals surface area contributed by atoms with Gasteiger partial charge in [0.25, 0.3) is 0 Å². The SMILES string of the molecule is C=C(C)c1ccc(CCC2CCCCN2C)cc1CC. The number of hydrogen-bond acceptors (Lipinski definition) is 1. The first-order valence-electron chi connectivity index (χ1n) is 8.09. The number of nitrogens with zero attached hydrogens (tertiary/aromatic N) is 1. The summed E-state index contributed by atoms with van der Waals surface area (Å²) in [4.78, 5) is 2.55. The maximum Gasteiger partial charge on any atom is 0.00953 e. The summed E-state index contributed by atoms with van der Waals surface area (Å²) >= 11 is 0. The van der Waals surface area contributed by atoms with Crippen LogP contribution in [0.15, 0.2) is 24.8 Å². The first-order valence-corrected chi connectivity index (χ1v) is 8.09. The van der Waals surface area contributed by atoms with Gasteiger partial charge in [0.1, 0.15) is 0 Å². The Hall–Kier alpha value is -1.08. The molecule has 1 unspecified atom stereocenters. The van der Waals surface area contributed by atoms with Crippen LogP contribution in [0.3, 0.4) is 0 Å². The van der Waals surface area contributed by atoms with Gasteiger partial charge in [0.15, 0.2) is 0 Å². The molecule has 0 radical (unpaired) electrons. The average molecular weight is 271 g/mol. The molecule has 1 heteroatoms. The third-order valence-electron chi connectivity index (χ3n) is 4.70. The molecule has 2 rings (SSSR count). The van der Waals surface area contributed by atoms with E-state index in [1.165, 1.54) is 60.9 Å². The molecule has 1 fully saturated rings. The summed E-state index contributed by atoms with van der Waals surface area (Å²) in [6.07, 6.45) is 7.76. The van der Waals surface area contributed by atoms with Crippen LogP contribution in [0.1, 0.15) is 56.2 Å². The van der Waals surface area contributed by atoms with Gasteiger partial charge in [-0.3, -0.25) is 0 Å². The molecule has 1 atom stereocenters. The van der Waals surface area contributed by atoms with Crippen molar-refractivity contribution in [1.29, 1.82) is 0 Å². The highest BCUT2D eigenvalue weighted by Gasteiger charge is 2.18. The van der Waals surface area contributed by atoms with E-state index in [0.29, 0.717) is 0 Å². The minimum absolute atomic E-state index is 0.787. The highest BCUT2D eigenvalue weighted by atomic mass is 15.1. The Labute approximate surface area is 124 Å². The molecule has 0 spiro atoms. The van der Waals surface area contributed by atoms with Gasteiger partial charge in [-0.1, -0.05) is 43.7 Å². The molecule has 1 aliphatic heterocycles. The molecule has 0 bridgehead atoms. The molecule has 0 amide bonds. The van der Waals surface area contributed by atoms with E-state index in [1.54, 1.807) is 0 Å². The zero-order valence-corrected chi connectivity index (χ0v) is 13.4. The molecule has 1 aromatic carbocycles. The lowest BCUT2D eigenvalue weighted by Gasteiger charge is -2.32. The van der Waals surface area contributed by atoms with Crippen molar-refractivity contribution in [2.75, 3.05) is 13.6 Å². The Morgan fingerprint density at radius 3 is 2.80 bits per heavy atom. The van der Waals surface area contributed by atoms with Crippen molar-refractivity contribution in [3.8, 4) is 0 Å². The fourth-order valence-corrected chi connectivity index (χ4v) is 3.35. The number of hydrogen-bond donors (Lipinski definition) is 0. The van der Waals surface area contributed by atoms with Gasteiger partial charge in [-0.25, -0.2) is 0 Å². The number of aryl methyl sites for hydroxylation is 2. The molecule has 110 valence electrons. The normalized spacial score (nSPS) is 20.1. The van der Waals surface area contributed by atoms with Crippen molar-refractivity contribution in [3.63, 3.8) is 0 Å².